The van der Waals surface area contributed by atoms with Crippen LogP contribution in [-0.4, -0.2) is 303 Å². The molecule has 5 rings (SSSR count). The van der Waals surface area contributed by atoms with Gasteiger partial charge in [0.2, 0.25) is 112 Å². The number of H-pyrrole nitrogens is 1. The number of aliphatic hydroxyl groups is 1. The average Bonchev–Trinajstić information content (AvgIpc) is 1.67. The summed E-state index contributed by atoms with van der Waals surface area (Å²) in [6, 6.07) is 4.26. The molecule has 0 radical (unpaired) electrons. The van der Waals surface area contributed by atoms with Crippen LogP contribution in [0.5, 0.6) is 5.75 Å². The first-order valence-corrected chi connectivity index (χ1v) is 49.4. The molecule has 1 aromatic heterocycles. The molecule has 0 saturated carbocycles. The fraction of sp³-hybridized carbons (Fsp3) is 0.574. The number of aromatic hydroxyl groups is 1. The Morgan fingerprint density at radius 1 is 0.415 bits per heavy atom. The smallest absolute Gasteiger partial charge is 0.245 e. The molecule has 47 nitrogen and oxygen atoms in total. The number of thioether (sulfide) groups is 1. The number of aromatic nitrogens is 1. The predicted molar refractivity (Wildman–Crippen MR) is 530 cm³/mol. The quantitative estimate of drug-likeness (QED) is 0.0111. The Kier molecular flexibility index (Phi) is 54.1. The van der Waals surface area contributed by atoms with E-state index in [1.54, 1.807) is 65.3 Å². The first kappa shape index (κ1) is 119. The lowest BCUT2D eigenvalue weighted by Crippen LogP contribution is -2.59. The van der Waals surface area contributed by atoms with Gasteiger partial charge < -0.3 is 144 Å². The van der Waals surface area contributed by atoms with Gasteiger partial charge in [-0.2, -0.15) is 11.8 Å². The summed E-state index contributed by atoms with van der Waals surface area (Å²) in [5.74, 6) is -16.8. The second kappa shape index (κ2) is 64.7. The van der Waals surface area contributed by atoms with Crippen LogP contribution in [0, 0.1) is 17.2 Å². The number of unbranched alkanes of at least 4 members (excludes halogenated alkanes) is 2. The molecule has 48 heteroatoms. The molecule has 784 valence electrons. The average molecular weight is 2010 g/mol. The van der Waals surface area contributed by atoms with Gasteiger partial charge in [0.05, 0.1) is 58.5 Å². The first-order valence-electron chi connectivity index (χ1n) is 48.1. The summed E-state index contributed by atoms with van der Waals surface area (Å²) in [5, 5.41) is 83.4. The molecule has 1 aliphatic rings. The first-order chi connectivity index (χ1) is 67.8. The number of phenols is 1. The van der Waals surface area contributed by atoms with Crippen molar-refractivity contribution in [2.24, 2.45) is 29.0 Å². The van der Waals surface area contributed by atoms with Crippen molar-refractivity contribution in [2.75, 3.05) is 97.2 Å². The van der Waals surface area contributed by atoms with E-state index < -0.39 is 236 Å². The maximum atomic E-state index is 15.0. The molecular formula is C94H146N26O21S. The molecule has 1 aliphatic heterocycles. The number of rotatable bonds is 66. The molecule has 0 bridgehead atoms. The van der Waals surface area contributed by atoms with Gasteiger partial charge in [-0.05, 0) is 174 Å². The molecule has 0 aliphatic carbocycles. The number of carbonyl (C=O) groups is 19. The number of benzene rings is 3. The van der Waals surface area contributed by atoms with Crippen LogP contribution in [-0.2, 0) is 117 Å². The Bertz CT molecular complexity index is 4860. The zero-order valence-corrected chi connectivity index (χ0v) is 82.8. The minimum Gasteiger partial charge on any atom is -0.508 e. The zero-order chi connectivity index (χ0) is 105. The number of aliphatic hydroxyl groups excluding tert-OH is 1. The summed E-state index contributed by atoms with van der Waals surface area (Å²) < 4.78 is 0. The summed E-state index contributed by atoms with van der Waals surface area (Å²) in [6.07, 6.45) is 7.47. The van der Waals surface area contributed by atoms with Crippen LogP contribution in [0.4, 0.5) is 0 Å². The highest BCUT2D eigenvalue weighted by atomic mass is 32.2. The number of phenolic OH excluding ortho intramolecular Hbond substituents is 1. The van der Waals surface area contributed by atoms with E-state index in [2.05, 4.69) is 117 Å². The van der Waals surface area contributed by atoms with Crippen molar-refractivity contribution in [3.8, 4) is 5.75 Å². The van der Waals surface area contributed by atoms with E-state index >= 15 is 0 Å². The van der Waals surface area contributed by atoms with E-state index in [9.17, 15) is 101 Å². The van der Waals surface area contributed by atoms with E-state index in [-0.39, 0.29) is 109 Å². The highest BCUT2D eigenvalue weighted by Gasteiger charge is 2.37. The standard InChI is InChI=1S/C94H146N26O21S/c1-9-21-64(110-76(126)49-106-82(130)63-28-19-38-99-63)83(131)107-52-79(129)119-81(55(6)7)93(141)114-67(27-15-17-36-96)90(138)120-80(54(4)5)92(140)109-51-78(128)111-65(26-14-16-35-95)88(136)118-72(53-121)86(134)108-50-77(127)112-66(29-20-39-101-94(97)98)87(135)116-70(43-58-23-18-22-56(11-3)41-58)91(139)115-69(42-57-30-32-60(122)33-31-57)84(132)105-47-74(124)103-48-75(125)113-68(34-40-142-8)89(137)117-71(85(133)104-46-73(123)100-37-10-2)44-59-45-102-62-25-13-12-24-61(59)62/h12-13,18,22-25,30-33,41,45,54-55,63-72,80-81,99,102,121-122H,9-11,14-17,19-21,26-29,34-40,42-44,46-53,95-96H2,1-8H3,(H,100,123)(H,103,124)(H,104,133)(H,105,132)(H,106,130)(H,107,131)(H,108,134)(H,109,140)(H,110,126)(H,111,128)(H,112,127)(H,113,125)(H,114,141)(H,115,139)(H,116,135)(H,117,137)(H,118,136)(H,119,129)(H,120,138)(H4,97,98,101)/t63-,64-,65-,66-,67-,68-,69-,70-,71-,72-,80?,81?/m0/s1. The number of hydrogen-bond donors (Lipinski definition) is 28. The number of nitrogens with one attached hydrogen (secondary N) is 23. The van der Waals surface area contributed by atoms with E-state index in [4.69, 9.17) is 22.6 Å². The van der Waals surface area contributed by atoms with Crippen LogP contribution < -0.4 is 129 Å². The minimum absolute atomic E-state index is 0.00506. The third-order valence-corrected chi connectivity index (χ3v) is 23.4. The molecule has 3 aromatic carbocycles. The van der Waals surface area contributed by atoms with Crippen LogP contribution in [0.1, 0.15) is 161 Å². The second-order valence-electron chi connectivity index (χ2n) is 35.0. The van der Waals surface area contributed by atoms with Crippen LogP contribution in [0.2, 0.25) is 0 Å². The highest BCUT2D eigenvalue weighted by molar-refractivity contribution is 7.98. The number of fused-ring (bicyclic) bond motifs is 1. The van der Waals surface area contributed by atoms with Gasteiger partial charge in [0.25, 0.3) is 0 Å². The lowest BCUT2D eigenvalue weighted by molar-refractivity contribution is -0.135. The Labute approximate surface area is 829 Å². The number of carbonyl (C=O) groups excluding carboxylic acids is 19. The topological polar surface area (TPSA) is 735 Å². The summed E-state index contributed by atoms with van der Waals surface area (Å²) >= 11 is 1.37. The van der Waals surface area contributed by atoms with Crippen molar-refractivity contribution < 1.29 is 101 Å². The fourth-order valence-corrected chi connectivity index (χ4v) is 15.4. The molecule has 31 N–H and O–H groups in total. The number of guanidine groups is 1. The van der Waals surface area contributed by atoms with Gasteiger partial charge in [0.15, 0.2) is 5.96 Å². The van der Waals surface area contributed by atoms with Crippen molar-refractivity contribution in [1.29, 1.82) is 5.41 Å². The van der Waals surface area contributed by atoms with Gasteiger partial charge in [-0.15, -0.1) is 0 Å². The van der Waals surface area contributed by atoms with Crippen LogP contribution >= 0.6 is 11.8 Å². The van der Waals surface area contributed by atoms with Gasteiger partial charge in [-0.1, -0.05) is 109 Å². The summed E-state index contributed by atoms with van der Waals surface area (Å²) in [5.41, 5.74) is 20.3. The number of hydrogen-bond acceptors (Lipinski definition) is 26. The van der Waals surface area contributed by atoms with Crippen LogP contribution in [0.15, 0.2) is 79.0 Å². The SMILES string of the molecule is CCCNC(=O)CNC(=O)[C@H](Cc1c[nH]c2ccccc12)NC(=O)[C@H](CCSC)NC(=O)CNC(=O)CNC(=O)[C@H](Cc1ccc(O)cc1)NC(=O)[C@H](Cc1cccc(CC)c1)NC(=O)[C@H](CCCNC(=N)N)NC(=O)CNC(=O)[C@H](CO)NC(=O)[C@H](CCCCN)NC(=O)CNC(=O)C(NC(=O)[C@H](CCCCN)NC(=O)C(NC(=O)CNC(=O)[C@H](CCC)NC(=O)CNC(=O)[C@@H]1CCCN1)C(C)C)C(C)C. The molecule has 4 aromatic rings. The monoisotopic (exact) mass is 2010 g/mol. The van der Waals surface area contributed by atoms with Crippen molar-refractivity contribution >= 4 is 141 Å². The lowest BCUT2D eigenvalue weighted by Gasteiger charge is -2.28. The summed E-state index contributed by atoms with van der Waals surface area (Å²) in [6.45, 7) is 7.85. The van der Waals surface area contributed by atoms with Gasteiger partial charge in [0.1, 0.15) is 72.2 Å². The molecule has 1 fully saturated rings. The third-order valence-electron chi connectivity index (χ3n) is 22.8. The summed E-state index contributed by atoms with van der Waals surface area (Å²) in [4.78, 5) is 265. The van der Waals surface area contributed by atoms with E-state index in [1.165, 1.54) is 36.0 Å². The van der Waals surface area contributed by atoms with E-state index in [0.29, 0.717) is 80.5 Å². The van der Waals surface area contributed by atoms with Crippen molar-refractivity contribution in [3.05, 3.63) is 101 Å². The predicted octanol–water partition coefficient (Wildman–Crippen LogP) is -5.73. The second-order valence-corrected chi connectivity index (χ2v) is 36.0. The number of aromatic amines is 1. The third kappa shape index (κ3) is 44.1. The zero-order valence-electron chi connectivity index (χ0n) is 82.0. The van der Waals surface area contributed by atoms with Crippen molar-refractivity contribution in [1.82, 2.24) is 117 Å². The molecule has 1 saturated heterocycles. The number of amides is 19. The Balaban J connectivity index is 1.24. The molecular weight excluding hydrogens is 1860 g/mol. The number of para-hydroxylation sites is 1. The van der Waals surface area contributed by atoms with Crippen molar-refractivity contribution in [2.45, 2.75) is 237 Å². The van der Waals surface area contributed by atoms with Gasteiger partial charge in [-0.3, -0.25) is 96.5 Å². The molecule has 142 heavy (non-hydrogen) atoms. The van der Waals surface area contributed by atoms with E-state index in [1.807, 2.05) is 44.2 Å². The minimum atomic E-state index is -1.79. The van der Waals surface area contributed by atoms with Crippen LogP contribution in [0.3, 0.4) is 0 Å². The summed E-state index contributed by atoms with van der Waals surface area (Å²) in [7, 11) is 0. The molecule has 19 amide bonds. The Morgan fingerprint density at radius 3 is 1.37 bits per heavy atom. The van der Waals surface area contributed by atoms with E-state index in [0.717, 1.165) is 22.9 Å². The number of aryl methyl sites for hydroxylation is 1. The fourth-order valence-electron chi connectivity index (χ4n) is 14.9. The van der Waals surface area contributed by atoms with Gasteiger partial charge in [-0.25, -0.2) is 0 Å². The molecule has 0 spiro atoms. The van der Waals surface area contributed by atoms with Crippen molar-refractivity contribution in [3.63, 3.8) is 0 Å². The molecule has 2 unspecified atom stereocenters. The molecule has 2 heterocycles. The Morgan fingerprint density at radius 2 is 0.852 bits per heavy atom. The van der Waals surface area contributed by atoms with Gasteiger partial charge in [0, 0.05) is 49.5 Å². The lowest BCUT2D eigenvalue weighted by atomic mass is 10.00. The largest absolute Gasteiger partial charge is 0.508 e. The van der Waals surface area contributed by atoms with Crippen LogP contribution in [0.25, 0.3) is 10.9 Å². The maximum Gasteiger partial charge on any atom is 0.245 e. The number of nitrogens with two attached hydrogens (primary N) is 3. The normalized spacial score (nSPS) is 14.4. The maximum absolute atomic E-state index is 15.0. The van der Waals surface area contributed by atoms with Gasteiger partial charge >= 0.3 is 0 Å². The Hall–Kier alpha value is -13.6. The molecule has 12 atom stereocenters. The highest BCUT2D eigenvalue weighted by Crippen LogP contribution is 2.21.